The second-order valence-corrected chi connectivity index (χ2v) is 6.55. The molecule has 5 heteroatoms. The zero-order chi connectivity index (χ0) is 14.0. The molecule has 2 N–H and O–H groups in total. The summed E-state index contributed by atoms with van der Waals surface area (Å²) in [6.07, 6.45) is 3.90. The molecule has 2 aliphatic heterocycles. The largest absolute Gasteiger partial charge is 0.383 e. The molecule has 3 rings (SSSR count). The SMILES string of the molecule is COCC(CN)(C1CC1)N1CCC(N2CCOCC2)C1. The Bertz CT molecular complexity index is 318. The summed E-state index contributed by atoms with van der Waals surface area (Å²) in [4.78, 5) is 5.23. The highest BCUT2D eigenvalue weighted by Gasteiger charge is 2.50. The van der Waals surface area contributed by atoms with Crippen LogP contribution >= 0.6 is 0 Å². The molecule has 2 saturated heterocycles. The van der Waals surface area contributed by atoms with Gasteiger partial charge in [-0.05, 0) is 25.2 Å². The highest BCUT2D eigenvalue weighted by Crippen LogP contribution is 2.44. The third kappa shape index (κ3) is 2.74. The van der Waals surface area contributed by atoms with Crippen molar-refractivity contribution in [3.8, 4) is 0 Å². The number of likely N-dealkylation sites (tertiary alicyclic amines) is 1. The van der Waals surface area contributed by atoms with Crippen molar-refractivity contribution in [2.75, 3.05) is 59.7 Å². The summed E-state index contributed by atoms with van der Waals surface area (Å²) < 4.78 is 11.0. The maximum absolute atomic E-state index is 6.18. The second-order valence-electron chi connectivity index (χ2n) is 6.55. The van der Waals surface area contributed by atoms with E-state index in [1.807, 2.05) is 7.11 Å². The molecule has 0 spiro atoms. The van der Waals surface area contributed by atoms with Crippen LogP contribution in [0.5, 0.6) is 0 Å². The van der Waals surface area contributed by atoms with Crippen LogP contribution in [0.4, 0.5) is 0 Å². The number of nitrogens with two attached hydrogens (primary N) is 1. The van der Waals surface area contributed by atoms with Gasteiger partial charge in [-0.3, -0.25) is 9.80 Å². The lowest BCUT2D eigenvalue weighted by molar-refractivity contribution is -0.00390. The molecule has 2 heterocycles. The number of hydrogen-bond donors (Lipinski definition) is 1. The van der Waals surface area contributed by atoms with Crippen LogP contribution in [0.15, 0.2) is 0 Å². The zero-order valence-corrected chi connectivity index (χ0v) is 12.7. The predicted octanol–water partition coefficient (Wildman–Crippen LogP) is 0.147. The van der Waals surface area contributed by atoms with E-state index in [2.05, 4.69) is 9.80 Å². The first-order valence-corrected chi connectivity index (χ1v) is 8.06. The molecular weight excluding hydrogens is 254 g/mol. The highest BCUT2D eigenvalue weighted by atomic mass is 16.5. The summed E-state index contributed by atoms with van der Waals surface area (Å²) in [7, 11) is 1.81. The number of nitrogens with zero attached hydrogens (tertiary/aromatic N) is 2. The van der Waals surface area contributed by atoms with Crippen LogP contribution in [-0.2, 0) is 9.47 Å². The van der Waals surface area contributed by atoms with Crippen molar-refractivity contribution in [2.24, 2.45) is 11.7 Å². The van der Waals surface area contributed by atoms with E-state index in [0.29, 0.717) is 6.04 Å². The number of rotatable bonds is 6. The minimum atomic E-state index is 0.0930. The zero-order valence-electron chi connectivity index (χ0n) is 12.7. The fraction of sp³-hybridized carbons (Fsp3) is 1.00. The Balaban J connectivity index is 1.64. The molecule has 5 nitrogen and oxygen atoms in total. The van der Waals surface area contributed by atoms with Crippen LogP contribution in [0.2, 0.25) is 0 Å². The number of methoxy groups -OCH3 is 1. The molecule has 0 aromatic heterocycles. The van der Waals surface area contributed by atoms with Crippen molar-refractivity contribution in [3.05, 3.63) is 0 Å². The van der Waals surface area contributed by atoms with Crippen molar-refractivity contribution < 1.29 is 9.47 Å². The molecule has 3 aliphatic rings. The van der Waals surface area contributed by atoms with Gasteiger partial charge >= 0.3 is 0 Å². The maximum Gasteiger partial charge on any atom is 0.0661 e. The van der Waals surface area contributed by atoms with Gasteiger partial charge in [0.05, 0.1) is 25.4 Å². The molecule has 0 aromatic rings. The van der Waals surface area contributed by atoms with Gasteiger partial charge in [0.1, 0.15) is 0 Å². The van der Waals surface area contributed by atoms with Crippen molar-refractivity contribution in [1.29, 1.82) is 0 Å². The molecule has 3 fully saturated rings. The van der Waals surface area contributed by atoms with E-state index < -0.39 is 0 Å². The Kier molecular flexibility index (Phi) is 4.62. The average molecular weight is 283 g/mol. The minimum Gasteiger partial charge on any atom is -0.383 e. The molecule has 0 bridgehead atoms. The predicted molar refractivity (Wildman–Crippen MR) is 78.8 cm³/mol. The van der Waals surface area contributed by atoms with Gasteiger partial charge in [-0.15, -0.1) is 0 Å². The average Bonchev–Trinajstić information content (AvgIpc) is 3.23. The van der Waals surface area contributed by atoms with Crippen LogP contribution in [0.1, 0.15) is 19.3 Å². The smallest absolute Gasteiger partial charge is 0.0661 e. The first-order chi connectivity index (χ1) is 9.80. The van der Waals surface area contributed by atoms with Gasteiger partial charge in [0.15, 0.2) is 0 Å². The van der Waals surface area contributed by atoms with Crippen LogP contribution in [0.3, 0.4) is 0 Å². The van der Waals surface area contributed by atoms with E-state index in [-0.39, 0.29) is 5.54 Å². The molecule has 20 heavy (non-hydrogen) atoms. The van der Waals surface area contributed by atoms with E-state index in [4.69, 9.17) is 15.2 Å². The molecule has 116 valence electrons. The van der Waals surface area contributed by atoms with Gasteiger partial charge in [-0.1, -0.05) is 0 Å². The first-order valence-electron chi connectivity index (χ1n) is 8.06. The molecule has 0 radical (unpaired) electrons. The molecule has 0 aromatic carbocycles. The van der Waals surface area contributed by atoms with Gasteiger partial charge in [-0.25, -0.2) is 0 Å². The molecule has 1 saturated carbocycles. The lowest BCUT2D eigenvalue weighted by atomic mass is 9.92. The Hall–Kier alpha value is -0.200. The fourth-order valence-electron chi connectivity index (χ4n) is 4.08. The van der Waals surface area contributed by atoms with E-state index in [0.717, 1.165) is 51.9 Å². The Morgan fingerprint density at radius 1 is 1.20 bits per heavy atom. The van der Waals surface area contributed by atoms with Gasteiger partial charge < -0.3 is 15.2 Å². The summed E-state index contributed by atoms with van der Waals surface area (Å²) in [5, 5.41) is 0. The van der Waals surface area contributed by atoms with Gasteiger partial charge in [-0.2, -0.15) is 0 Å². The van der Waals surface area contributed by atoms with Crippen molar-refractivity contribution >= 4 is 0 Å². The van der Waals surface area contributed by atoms with Gasteiger partial charge in [0.2, 0.25) is 0 Å². The van der Waals surface area contributed by atoms with Gasteiger partial charge in [0, 0.05) is 45.9 Å². The lowest BCUT2D eigenvalue weighted by Crippen LogP contribution is -2.58. The Morgan fingerprint density at radius 2 is 1.95 bits per heavy atom. The summed E-state index contributed by atoms with van der Waals surface area (Å²) in [5.41, 5.74) is 6.28. The molecule has 2 unspecified atom stereocenters. The minimum absolute atomic E-state index is 0.0930. The highest BCUT2D eigenvalue weighted by molar-refractivity contribution is 5.06. The Morgan fingerprint density at radius 3 is 2.55 bits per heavy atom. The third-order valence-electron chi connectivity index (χ3n) is 5.44. The quantitative estimate of drug-likeness (QED) is 0.752. The lowest BCUT2D eigenvalue weighted by Gasteiger charge is -2.42. The molecular formula is C15H29N3O2. The molecule has 0 amide bonds. The van der Waals surface area contributed by atoms with Gasteiger partial charge in [0.25, 0.3) is 0 Å². The summed E-state index contributed by atoms with van der Waals surface area (Å²) >= 11 is 0. The van der Waals surface area contributed by atoms with E-state index in [9.17, 15) is 0 Å². The fourth-order valence-corrected chi connectivity index (χ4v) is 4.08. The Labute approximate surface area is 122 Å². The van der Waals surface area contributed by atoms with Crippen LogP contribution in [-0.4, -0.2) is 81.0 Å². The summed E-state index contributed by atoms with van der Waals surface area (Å²) in [6.45, 7) is 7.77. The van der Waals surface area contributed by atoms with Crippen molar-refractivity contribution in [3.63, 3.8) is 0 Å². The van der Waals surface area contributed by atoms with E-state index >= 15 is 0 Å². The standard InChI is InChI=1S/C15H29N3O2/c1-19-12-15(11-16,13-2-3-13)18-5-4-14(10-18)17-6-8-20-9-7-17/h13-14H,2-12,16H2,1H3. The van der Waals surface area contributed by atoms with Crippen molar-refractivity contribution in [1.82, 2.24) is 9.80 Å². The normalized spacial score (nSPS) is 32.4. The van der Waals surface area contributed by atoms with E-state index in [1.165, 1.54) is 25.8 Å². The van der Waals surface area contributed by atoms with E-state index in [1.54, 1.807) is 0 Å². The first kappa shape index (κ1) is 14.7. The summed E-state index contributed by atoms with van der Waals surface area (Å²) in [5.74, 6) is 0.746. The van der Waals surface area contributed by atoms with Crippen LogP contribution < -0.4 is 5.73 Å². The van der Waals surface area contributed by atoms with Crippen LogP contribution in [0.25, 0.3) is 0 Å². The summed E-state index contributed by atoms with van der Waals surface area (Å²) in [6, 6.07) is 0.681. The molecule has 1 aliphatic carbocycles. The second kappa shape index (κ2) is 6.28. The number of morpholine rings is 1. The van der Waals surface area contributed by atoms with Crippen LogP contribution in [0, 0.1) is 5.92 Å². The van der Waals surface area contributed by atoms with Crippen molar-refractivity contribution in [2.45, 2.75) is 30.8 Å². The number of ether oxygens (including phenoxy) is 2. The number of hydrogen-bond acceptors (Lipinski definition) is 5. The monoisotopic (exact) mass is 283 g/mol. The maximum atomic E-state index is 6.18. The third-order valence-corrected chi connectivity index (χ3v) is 5.44. The molecule has 2 atom stereocenters. The topological polar surface area (TPSA) is 51.0 Å².